The minimum Gasteiger partial charge on any atom is -0.497 e. The highest BCUT2D eigenvalue weighted by atomic mass is 32.2. The molecular formula is C30H34N2O7S. The van der Waals surface area contributed by atoms with Crippen LogP contribution in [0.15, 0.2) is 84.9 Å². The monoisotopic (exact) mass is 566 g/mol. The molecule has 212 valence electrons. The molecule has 40 heavy (non-hydrogen) atoms. The SMILES string of the molecule is COc1ccc([C@](Cc2ccccc2)(NC(=O)OCc2ccccc2)[C@@H](O)C(NOC2CCCC2)=S(=O)=O)cc1. The summed E-state index contributed by atoms with van der Waals surface area (Å²) in [5, 5.41) is 14.7. The molecule has 3 aromatic carbocycles. The van der Waals surface area contributed by atoms with Gasteiger partial charge in [-0.3, -0.25) is 4.84 Å². The molecule has 10 heteroatoms. The van der Waals surface area contributed by atoms with Gasteiger partial charge in [-0.25, -0.2) is 4.79 Å². The first-order valence-corrected chi connectivity index (χ1v) is 14.2. The van der Waals surface area contributed by atoms with Crippen molar-refractivity contribution in [1.82, 2.24) is 10.8 Å². The Morgan fingerprint density at radius 2 is 1.55 bits per heavy atom. The first kappa shape index (κ1) is 29.3. The molecule has 0 heterocycles. The number of hydroxylamine groups is 1. The largest absolute Gasteiger partial charge is 0.497 e. The van der Waals surface area contributed by atoms with Crippen molar-refractivity contribution in [2.75, 3.05) is 7.11 Å². The number of carbonyl (C=O) groups excluding carboxylic acids is 1. The van der Waals surface area contributed by atoms with E-state index in [4.69, 9.17) is 14.3 Å². The van der Waals surface area contributed by atoms with E-state index in [2.05, 4.69) is 10.8 Å². The van der Waals surface area contributed by atoms with Crippen molar-refractivity contribution in [2.24, 2.45) is 0 Å². The van der Waals surface area contributed by atoms with Crippen molar-refractivity contribution in [3.05, 3.63) is 102 Å². The van der Waals surface area contributed by atoms with Crippen LogP contribution in [0.2, 0.25) is 0 Å². The van der Waals surface area contributed by atoms with E-state index in [1.807, 2.05) is 60.7 Å². The van der Waals surface area contributed by atoms with Crippen LogP contribution in [0, 0.1) is 0 Å². The Balaban J connectivity index is 1.74. The molecule has 4 rings (SSSR count). The quantitative estimate of drug-likeness (QED) is 0.236. The third-order valence-corrected chi connectivity index (χ3v) is 7.66. The molecule has 0 aliphatic heterocycles. The molecule has 0 saturated heterocycles. The fourth-order valence-electron chi connectivity index (χ4n) is 4.84. The highest BCUT2D eigenvalue weighted by Gasteiger charge is 2.45. The number of aliphatic hydroxyl groups is 1. The van der Waals surface area contributed by atoms with Crippen LogP contribution >= 0.6 is 0 Å². The Bertz CT molecular complexity index is 1370. The van der Waals surface area contributed by atoms with Gasteiger partial charge in [-0.05, 0) is 41.7 Å². The Morgan fingerprint density at radius 3 is 2.12 bits per heavy atom. The standard InChI is InChI=1S/C30H34N2O7S/c1-37-25-18-16-24(17-19-25)30(20-22-10-4-2-5-11-22,31-29(34)38-21-23-12-6-3-7-13-23)27(33)28(40(35)36)32-39-26-14-8-9-15-26/h2-7,10-13,16-19,26-27,32-33H,8-9,14-15,20-21H2,1H3,(H,31,34)/t27-,30-/m0/s1. The van der Waals surface area contributed by atoms with E-state index in [0.29, 0.717) is 11.3 Å². The molecule has 0 spiro atoms. The van der Waals surface area contributed by atoms with Crippen LogP contribution in [0.1, 0.15) is 42.4 Å². The highest BCUT2D eigenvalue weighted by molar-refractivity contribution is 7.73. The van der Waals surface area contributed by atoms with Gasteiger partial charge < -0.3 is 19.9 Å². The van der Waals surface area contributed by atoms with Gasteiger partial charge in [0.1, 0.15) is 24.0 Å². The number of rotatable bonds is 11. The summed E-state index contributed by atoms with van der Waals surface area (Å²) in [4.78, 5) is 18.5. The summed E-state index contributed by atoms with van der Waals surface area (Å²) < 4.78 is 35.8. The summed E-state index contributed by atoms with van der Waals surface area (Å²) in [6.07, 6.45) is 0.755. The zero-order valence-corrected chi connectivity index (χ0v) is 23.1. The van der Waals surface area contributed by atoms with Crippen molar-refractivity contribution < 1.29 is 32.6 Å². The van der Waals surface area contributed by atoms with Gasteiger partial charge in [-0.1, -0.05) is 85.6 Å². The summed E-state index contributed by atoms with van der Waals surface area (Å²) in [7, 11) is -1.38. The van der Waals surface area contributed by atoms with Crippen LogP contribution in [0.3, 0.4) is 0 Å². The molecule has 0 radical (unpaired) electrons. The van der Waals surface area contributed by atoms with E-state index < -0.39 is 33.0 Å². The predicted molar refractivity (Wildman–Crippen MR) is 151 cm³/mol. The molecule has 1 aliphatic carbocycles. The Labute approximate surface area is 235 Å². The summed E-state index contributed by atoms with van der Waals surface area (Å²) in [6.45, 7) is -0.0140. The van der Waals surface area contributed by atoms with Crippen molar-refractivity contribution in [3.63, 3.8) is 0 Å². The summed E-state index contributed by atoms with van der Waals surface area (Å²) in [5.74, 6) is 0.554. The number of carbonyl (C=O) groups is 1. The lowest BCUT2D eigenvalue weighted by molar-refractivity contribution is 0.00468. The lowest BCUT2D eigenvalue weighted by atomic mass is 9.79. The van der Waals surface area contributed by atoms with Crippen LogP contribution in [0.4, 0.5) is 4.79 Å². The van der Waals surface area contributed by atoms with Gasteiger partial charge in [-0.15, -0.1) is 0 Å². The Hall–Kier alpha value is -3.70. The van der Waals surface area contributed by atoms with Crippen LogP contribution in [0.25, 0.3) is 0 Å². The molecule has 3 aromatic rings. The number of methoxy groups -OCH3 is 1. The van der Waals surface area contributed by atoms with E-state index in [1.165, 1.54) is 7.11 Å². The van der Waals surface area contributed by atoms with Gasteiger partial charge in [0.15, 0.2) is 4.99 Å². The fourth-order valence-corrected chi connectivity index (χ4v) is 5.34. The number of hydrogen-bond donors (Lipinski definition) is 3. The fraction of sp³-hybridized carbons (Fsp3) is 0.333. The average molecular weight is 567 g/mol. The molecule has 1 saturated carbocycles. The van der Waals surface area contributed by atoms with Crippen molar-refractivity contribution in [2.45, 2.75) is 56.5 Å². The minimum absolute atomic E-state index is 0.0140. The molecule has 0 unspecified atom stereocenters. The predicted octanol–water partition coefficient (Wildman–Crippen LogP) is 3.89. The van der Waals surface area contributed by atoms with Crippen LogP contribution < -0.4 is 15.5 Å². The van der Waals surface area contributed by atoms with Crippen LogP contribution in [0.5, 0.6) is 5.75 Å². The van der Waals surface area contributed by atoms with Crippen molar-refractivity contribution >= 4 is 21.4 Å². The Morgan fingerprint density at radius 1 is 0.950 bits per heavy atom. The number of aliphatic hydroxyl groups excluding tert-OH is 1. The molecule has 1 aliphatic rings. The van der Waals surface area contributed by atoms with Gasteiger partial charge in [0, 0.05) is 6.42 Å². The van der Waals surface area contributed by atoms with E-state index in [9.17, 15) is 18.3 Å². The summed E-state index contributed by atoms with van der Waals surface area (Å²) in [6, 6.07) is 25.0. The van der Waals surface area contributed by atoms with Gasteiger partial charge in [0.25, 0.3) is 0 Å². The zero-order valence-electron chi connectivity index (χ0n) is 22.3. The van der Waals surface area contributed by atoms with Crippen molar-refractivity contribution in [1.29, 1.82) is 0 Å². The second-order valence-corrected chi connectivity index (χ2v) is 10.6. The average Bonchev–Trinajstić information content (AvgIpc) is 3.50. The zero-order chi connectivity index (χ0) is 28.4. The van der Waals surface area contributed by atoms with E-state index in [1.54, 1.807) is 24.3 Å². The molecular weight excluding hydrogens is 532 g/mol. The number of ether oxygens (including phenoxy) is 2. The number of hydrogen-bond acceptors (Lipinski definition) is 7. The highest BCUT2D eigenvalue weighted by Crippen LogP contribution is 2.32. The number of benzene rings is 3. The molecule has 1 fully saturated rings. The molecule has 0 bridgehead atoms. The first-order chi connectivity index (χ1) is 19.4. The first-order valence-electron chi connectivity index (χ1n) is 13.1. The number of amides is 1. The third-order valence-electron chi connectivity index (χ3n) is 6.99. The maximum absolute atomic E-state index is 13.3. The van der Waals surface area contributed by atoms with Gasteiger partial charge >= 0.3 is 6.09 Å². The van der Waals surface area contributed by atoms with Gasteiger partial charge in [-0.2, -0.15) is 13.9 Å². The Kier molecular flexibility index (Phi) is 10.3. The summed E-state index contributed by atoms with van der Waals surface area (Å²) >= 11 is 0. The second kappa shape index (κ2) is 14.1. The third kappa shape index (κ3) is 7.48. The molecule has 0 aromatic heterocycles. The second-order valence-electron chi connectivity index (χ2n) is 9.68. The molecule has 2 atom stereocenters. The van der Waals surface area contributed by atoms with E-state index >= 15 is 0 Å². The summed E-state index contributed by atoms with van der Waals surface area (Å²) in [5.41, 5.74) is 2.79. The lowest BCUT2D eigenvalue weighted by Gasteiger charge is -2.39. The normalized spacial score (nSPS) is 15.6. The van der Waals surface area contributed by atoms with Crippen LogP contribution in [-0.2, 0) is 38.4 Å². The smallest absolute Gasteiger partial charge is 0.408 e. The topological polar surface area (TPSA) is 123 Å². The van der Waals surface area contributed by atoms with Crippen molar-refractivity contribution in [3.8, 4) is 5.75 Å². The maximum Gasteiger partial charge on any atom is 0.408 e. The van der Waals surface area contributed by atoms with Gasteiger partial charge in [0.2, 0.25) is 10.3 Å². The number of alkyl carbamates (subject to hydrolysis) is 1. The maximum atomic E-state index is 13.3. The molecule has 3 N–H and O–H groups in total. The van der Waals surface area contributed by atoms with E-state index in [0.717, 1.165) is 36.8 Å². The van der Waals surface area contributed by atoms with Crippen LogP contribution in [-0.4, -0.2) is 43.9 Å². The lowest BCUT2D eigenvalue weighted by Crippen LogP contribution is -2.60. The van der Waals surface area contributed by atoms with E-state index in [-0.39, 0.29) is 19.1 Å². The number of nitrogens with one attached hydrogen (secondary N) is 2. The van der Waals surface area contributed by atoms with Gasteiger partial charge in [0.05, 0.1) is 13.2 Å². The molecule has 1 amide bonds. The minimum atomic E-state index is -2.90. The molecule has 9 nitrogen and oxygen atoms in total.